The Labute approximate surface area is 126 Å². The predicted octanol–water partition coefficient (Wildman–Crippen LogP) is 0.664. The Morgan fingerprint density at radius 3 is 3.05 bits per heavy atom. The summed E-state index contributed by atoms with van der Waals surface area (Å²) >= 11 is 1.08. The van der Waals surface area contributed by atoms with Crippen molar-refractivity contribution in [2.45, 2.75) is 19.8 Å². The van der Waals surface area contributed by atoms with Gasteiger partial charge in [0, 0.05) is 25.6 Å². The summed E-state index contributed by atoms with van der Waals surface area (Å²) in [6.07, 6.45) is 1.10. The van der Waals surface area contributed by atoms with Gasteiger partial charge in [0.25, 0.3) is 5.91 Å². The van der Waals surface area contributed by atoms with Crippen molar-refractivity contribution in [2.75, 3.05) is 26.3 Å². The molecule has 1 aromatic rings. The Bertz CT molecular complexity index is 576. The van der Waals surface area contributed by atoms with Crippen LogP contribution >= 0.6 is 11.5 Å². The molecule has 0 saturated carbocycles. The lowest BCUT2D eigenvalue weighted by Crippen LogP contribution is -2.45. The number of carboxylic acid groups (broad SMARTS) is 1. The van der Waals surface area contributed by atoms with Gasteiger partial charge in [-0.2, -0.15) is 0 Å². The molecule has 2 fully saturated rings. The normalized spacial score (nSPS) is 28.4. The van der Waals surface area contributed by atoms with Crippen molar-refractivity contribution in [2.24, 2.45) is 11.3 Å². The maximum absolute atomic E-state index is 12.6. The summed E-state index contributed by atoms with van der Waals surface area (Å²) in [6.45, 7) is 3.43. The second-order valence-electron chi connectivity index (χ2n) is 5.57. The number of aliphatic carboxylic acids is 1. The van der Waals surface area contributed by atoms with E-state index in [1.165, 1.54) is 0 Å². The van der Waals surface area contributed by atoms with Crippen LogP contribution in [0.15, 0.2) is 0 Å². The lowest BCUT2D eigenvalue weighted by atomic mass is 9.74. The number of likely N-dealkylation sites (tertiary alicyclic amines) is 1. The molecule has 3 heterocycles. The number of rotatable bonds is 3. The number of hydrogen-bond acceptors (Lipinski definition) is 6. The first kappa shape index (κ1) is 14.4. The van der Waals surface area contributed by atoms with Gasteiger partial charge in [-0.25, -0.2) is 0 Å². The monoisotopic (exact) mass is 311 g/mol. The maximum Gasteiger partial charge on any atom is 0.311 e. The van der Waals surface area contributed by atoms with Crippen LogP contribution in [0.1, 0.15) is 28.7 Å². The fourth-order valence-corrected chi connectivity index (χ4v) is 3.92. The van der Waals surface area contributed by atoms with Gasteiger partial charge in [-0.1, -0.05) is 11.4 Å². The number of carboxylic acids is 1. The second kappa shape index (κ2) is 5.34. The van der Waals surface area contributed by atoms with Crippen molar-refractivity contribution in [3.63, 3.8) is 0 Å². The number of ether oxygens (including phenoxy) is 1. The molecule has 0 spiro atoms. The molecule has 1 aromatic heterocycles. The molecule has 0 unspecified atom stereocenters. The average molecular weight is 311 g/mol. The van der Waals surface area contributed by atoms with Crippen LogP contribution in [0.5, 0.6) is 0 Å². The van der Waals surface area contributed by atoms with E-state index in [2.05, 4.69) is 9.59 Å². The highest BCUT2D eigenvalue weighted by Gasteiger charge is 2.55. The van der Waals surface area contributed by atoms with E-state index in [1.807, 2.05) is 6.92 Å². The highest BCUT2D eigenvalue weighted by molar-refractivity contribution is 7.08. The molecule has 21 heavy (non-hydrogen) atoms. The van der Waals surface area contributed by atoms with E-state index in [0.29, 0.717) is 43.2 Å². The minimum Gasteiger partial charge on any atom is -0.481 e. The third-order valence-corrected chi connectivity index (χ3v) is 5.26. The molecule has 0 radical (unpaired) electrons. The van der Waals surface area contributed by atoms with E-state index in [1.54, 1.807) is 4.90 Å². The highest BCUT2D eigenvalue weighted by atomic mass is 32.1. The molecule has 0 bridgehead atoms. The molecular weight excluding hydrogens is 294 g/mol. The summed E-state index contributed by atoms with van der Waals surface area (Å²) < 4.78 is 9.23. The quantitative estimate of drug-likeness (QED) is 0.881. The van der Waals surface area contributed by atoms with E-state index in [0.717, 1.165) is 11.5 Å². The van der Waals surface area contributed by atoms with Gasteiger partial charge in [-0.15, -0.1) is 5.10 Å². The summed E-state index contributed by atoms with van der Waals surface area (Å²) in [6, 6.07) is 0. The van der Waals surface area contributed by atoms with Gasteiger partial charge >= 0.3 is 5.97 Å². The number of aromatic nitrogens is 2. The topological polar surface area (TPSA) is 92.6 Å². The van der Waals surface area contributed by atoms with Crippen molar-refractivity contribution in [1.82, 2.24) is 14.5 Å². The predicted molar refractivity (Wildman–Crippen MR) is 74.2 cm³/mol. The van der Waals surface area contributed by atoms with Crippen LogP contribution in [0.2, 0.25) is 0 Å². The highest BCUT2D eigenvalue weighted by Crippen LogP contribution is 2.43. The third-order valence-electron chi connectivity index (χ3n) is 4.50. The van der Waals surface area contributed by atoms with E-state index in [9.17, 15) is 14.7 Å². The molecule has 114 valence electrons. The average Bonchev–Trinajstić information content (AvgIpc) is 3.11. The van der Waals surface area contributed by atoms with Crippen LogP contribution in [0.25, 0.3) is 0 Å². The van der Waals surface area contributed by atoms with Crippen LogP contribution in [-0.4, -0.2) is 57.8 Å². The Hall–Kier alpha value is -1.54. The summed E-state index contributed by atoms with van der Waals surface area (Å²) in [5.41, 5.74) is -0.182. The fourth-order valence-electron chi connectivity index (χ4n) is 3.20. The minimum absolute atomic E-state index is 0.140. The van der Waals surface area contributed by atoms with Crippen LogP contribution in [0.3, 0.4) is 0 Å². The first-order valence-electron chi connectivity index (χ1n) is 7.00. The van der Waals surface area contributed by atoms with Gasteiger partial charge in [0.1, 0.15) is 4.88 Å². The largest absolute Gasteiger partial charge is 0.481 e. The summed E-state index contributed by atoms with van der Waals surface area (Å²) in [5, 5.41) is 13.6. The Kier molecular flexibility index (Phi) is 3.66. The molecule has 8 heteroatoms. The van der Waals surface area contributed by atoms with E-state index in [-0.39, 0.29) is 18.4 Å². The zero-order valence-corrected chi connectivity index (χ0v) is 12.6. The molecular formula is C13H17N3O4S. The Balaban J connectivity index is 1.85. The van der Waals surface area contributed by atoms with Crippen molar-refractivity contribution in [1.29, 1.82) is 0 Å². The van der Waals surface area contributed by atoms with Crippen molar-refractivity contribution in [3.8, 4) is 0 Å². The number of amides is 1. The number of nitrogens with zero attached hydrogens (tertiary/aromatic N) is 3. The van der Waals surface area contributed by atoms with Crippen molar-refractivity contribution >= 4 is 23.4 Å². The maximum atomic E-state index is 12.6. The zero-order valence-electron chi connectivity index (χ0n) is 11.7. The van der Waals surface area contributed by atoms with E-state index in [4.69, 9.17) is 4.74 Å². The first-order valence-corrected chi connectivity index (χ1v) is 7.77. The molecule has 0 aromatic carbocycles. The molecule has 2 saturated heterocycles. The smallest absolute Gasteiger partial charge is 0.311 e. The number of fused-ring (bicyclic) bond motifs is 1. The SMILES string of the molecule is CCc1nnsc1C(=O)N1C[C@H]2COCC[C@@]2(C(=O)O)C1. The number of carbonyl (C=O) groups is 2. The molecule has 2 atom stereocenters. The summed E-state index contributed by atoms with van der Waals surface area (Å²) in [7, 11) is 0. The van der Waals surface area contributed by atoms with Crippen LogP contribution in [0, 0.1) is 11.3 Å². The first-order chi connectivity index (χ1) is 10.1. The van der Waals surface area contributed by atoms with Gasteiger partial charge in [0.05, 0.1) is 17.7 Å². The van der Waals surface area contributed by atoms with Gasteiger partial charge in [0.15, 0.2) is 0 Å². The molecule has 1 amide bonds. The lowest BCUT2D eigenvalue weighted by molar-refractivity contribution is -0.157. The van der Waals surface area contributed by atoms with Crippen molar-refractivity contribution in [3.05, 3.63) is 10.6 Å². The molecule has 7 nitrogen and oxygen atoms in total. The third kappa shape index (κ3) is 2.22. The molecule has 0 aliphatic carbocycles. The zero-order chi connectivity index (χ0) is 15.0. The number of aryl methyl sites for hydroxylation is 1. The second-order valence-corrected chi connectivity index (χ2v) is 6.33. The van der Waals surface area contributed by atoms with Crippen LogP contribution < -0.4 is 0 Å². The molecule has 2 aliphatic heterocycles. The fraction of sp³-hybridized carbons (Fsp3) is 0.692. The summed E-state index contributed by atoms with van der Waals surface area (Å²) in [5.74, 6) is -1.13. The number of hydrogen-bond donors (Lipinski definition) is 1. The molecule has 1 N–H and O–H groups in total. The number of carbonyl (C=O) groups excluding carboxylic acids is 1. The van der Waals surface area contributed by atoms with Crippen LogP contribution in [-0.2, 0) is 16.0 Å². The Morgan fingerprint density at radius 1 is 1.57 bits per heavy atom. The van der Waals surface area contributed by atoms with E-state index < -0.39 is 11.4 Å². The molecule has 2 aliphatic rings. The Morgan fingerprint density at radius 2 is 2.38 bits per heavy atom. The summed E-state index contributed by atoms with van der Waals surface area (Å²) in [4.78, 5) is 26.5. The van der Waals surface area contributed by atoms with Gasteiger partial charge in [0.2, 0.25) is 0 Å². The van der Waals surface area contributed by atoms with Crippen LogP contribution in [0.4, 0.5) is 0 Å². The van der Waals surface area contributed by atoms with E-state index >= 15 is 0 Å². The standard InChI is InChI=1S/C13H17N3O4S/c1-2-9-10(21-15-14-9)11(17)16-5-8-6-20-4-3-13(8,7-16)12(18)19/h8H,2-7H2,1H3,(H,18,19)/t8-,13+/m0/s1. The van der Waals surface area contributed by atoms with Gasteiger partial charge in [-0.3, -0.25) is 9.59 Å². The molecule has 3 rings (SSSR count). The van der Waals surface area contributed by atoms with Gasteiger partial charge in [-0.05, 0) is 24.4 Å². The minimum atomic E-state index is -0.863. The van der Waals surface area contributed by atoms with Crippen molar-refractivity contribution < 1.29 is 19.4 Å². The van der Waals surface area contributed by atoms with Gasteiger partial charge < -0.3 is 14.7 Å². The lowest BCUT2D eigenvalue weighted by Gasteiger charge is -2.33.